The molecule has 2 heterocycles. The van der Waals surface area contributed by atoms with Gasteiger partial charge in [-0.2, -0.15) is 4.31 Å². The van der Waals surface area contributed by atoms with E-state index in [0.29, 0.717) is 6.07 Å². The van der Waals surface area contributed by atoms with Gasteiger partial charge in [0, 0.05) is 24.8 Å². The summed E-state index contributed by atoms with van der Waals surface area (Å²) in [5.41, 5.74) is -0.321. The Morgan fingerprint density at radius 3 is 2.54 bits per heavy atom. The van der Waals surface area contributed by atoms with Gasteiger partial charge in [0.1, 0.15) is 10.6 Å². The van der Waals surface area contributed by atoms with E-state index >= 15 is 0 Å². The minimum absolute atomic E-state index is 0.117. The highest BCUT2D eigenvalue weighted by atomic mass is 32.2. The number of carbonyl (C=O) groups excluding carboxylic acids is 2. The molecule has 0 atom stereocenters. The van der Waals surface area contributed by atoms with E-state index in [2.05, 4.69) is 4.98 Å². The summed E-state index contributed by atoms with van der Waals surface area (Å²) in [5, 5.41) is 0. The smallest absolute Gasteiger partial charge is 0.355 e. The number of morpholine rings is 1. The Hall–Kier alpha value is -2.63. The third-order valence-electron chi connectivity index (χ3n) is 4.06. The van der Waals surface area contributed by atoms with Crippen LogP contribution < -0.4 is 0 Å². The van der Waals surface area contributed by atoms with E-state index in [1.807, 2.05) is 0 Å². The lowest BCUT2D eigenvalue weighted by molar-refractivity contribution is 0.0469. The Bertz CT molecular complexity index is 999. The second-order valence-electron chi connectivity index (χ2n) is 5.89. The molecule has 1 saturated heterocycles. The first-order valence-corrected chi connectivity index (χ1v) is 9.65. The molecular formula is C17H16F2N2O6S. The molecule has 8 nitrogen and oxygen atoms in total. The lowest BCUT2D eigenvalue weighted by Crippen LogP contribution is -2.40. The van der Waals surface area contributed by atoms with Crippen LogP contribution in [-0.4, -0.2) is 62.4 Å². The van der Waals surface area contributed by atoms with Crippen molar-refractivity contribution in [3.63, 3.8) is 0 Å². The van der Waals surface area contributed by atoms with Crippen molar-refractivity contribution >= 4 is 21.8 Å². The molecule has 0 bridgehead atoms. The van der Waals surface area contributed by atoms with Gasteiger partial charge in [-0.1, -0.05) is 0 Å². The number of sulfonamides is 1. The molecule has 3 rings (SSSR count). The van der Waals surface area contributed by atoms with Gasteiger partial charge in [-0.25, -0.2) is 22.0 Å². The summed E-state index contributed by atoms with van der Waals surface area (Å²) in [7, 11) is -3.79. The lowest BCUT2D eigenvalue weighted by atomic mass is 10.1. The number of ether oxygens (including phenoxy) is 2. The number of rotatable bonds is 6. The van der Waals surface area contributed by atoms with Crippen molar-refractivity contribution in [2.75, 3.05) is 32.9 Å². The molecule has 0 unspecified atom stereocenters. The number of aromatic nitrogens is 1. The van der Waals surface area contributed by atoms with E-state index < -0.39 is 40.0 Å². The number of aromatic amines is 1. The molecule has 1 aromatic heterocycles. The number of carbonyl (C=O) groups is 2. The summed E-state index contributed by atoms with van der Waals surface area (Å²) in [6.07, 6.45) is 1.15. The van der Waals surface area contributed by atoms with Crippen LogP contribution in [0.15, 0.2) is 35.4 Å². The van der Waals surface area contributed by atoms with E-state index in [1.165, 1.54) is 4.31 Å². The van der Waals surface area contributed by atoms with Gasteiger partial charge in [-0.15, -0.1) is 0 Å². The first-order valence-electron chi connectivity index (χ1n) is 8.21. The monoisotopic (exact) mass is 414 g/mol. The van der Waals surface area contributed by atoms with Crippen LogP contribution in [0.25, 0.3) is 0 Å². The van der Waals surface area contributed by atoms with Crippen molar-refractivity contribution in [1.29, 1.82) is 0 Å². The fourth-order valence-electron chi connectivity index (χ4n) is 2.54. The van der Waals surface area contributed by atoms with Crippen LogP contribution in [0.5, 0.6) is 0 Å². The molecule has 1 aliphatic rings. The van der Waals surface area contributed by atoms with Crippen LogP contribution in [-0.2, 0) is 19.5 Å². The summed E-state index contributed by atoms with van der Waals surface area (Å²) < 4.78 is 62.3. The van der Waals surface area contributed by atoms with E-state index in [0.717, 1.165) is 24.4 Å². The molecule has 11 heteroatoms. The summed E-state index contributed by atoms with van der Waals surface area (Å²) in [5.74, 6) is -3.99. The highest BCUT2D eigenvalue weighted by Gasteiger charge is 2.28. The normalized spacial score (nSPS) is 15.4. The number of benzene rings is 1. The molecule has 28 heavy (non-hydrogen) atoms. The first kappa shape index (κ1) is 20.1. The Labute approximate surface area is 159 Å². The van der Waals surface area contributed by atoms with Gasteiger partial charge in [-0.05, 0) is 24.3 Å². The Morgan fingerprint density at radius 2 is 1.86 bits per heavy atom. The van der Waals surface area contributed by atoms with Crippen LogP contribution in [0.2, 0.25) is 0 Å². The van der Waals surface area contributed by atoms with Crippen molar-refractivity contribution in [2.45, 2.75) is 4.90 Å². The highest BCUT2D eigenvalue weighted by Crippen LogP contribution is 2.18. The maximum atomic E-state index is 13.2. The van der Waals surface area contributed by atoms with Crippen molar-refractivity contribution in [1.82, 2.24) is 9.29 Å². The van der Waals surface area contributed by atoms with Gasteiger partial charge in [0.2, 0.25) is 10.0 Å². The standard InChI is InChI=1S/C17H16F2N2O6S/c18-13-2-1-11(7-14(13)19)16(22)10-27-17(23)15-8-12(9-20-15)28(24,25)21-3-5-26-6-4-21/h1-2,7-9,20H,3-6,10H2. The zero-order chi connectivity index (χ0) is 20.3. The Balaban J connectivity index is 1.64. The first-order chi connectivity index (χ1) is 13.3. The number of nitrogens with one attached hydrogen (secondary N) is 1. The van der Waals surface area contributed by atoms with Crippen LogP contribution in [0.4, 0.5) is 8.78 Å². The Morgan fingerprint density at radius 1 is 1.14 bits per heavy atom. The van der Waals surface area contributed by atoms with Gasteiger partial charge in [0.15, 0.2) is 24.0 Å². The molecule has 1 aliphatic heterocycles. The SMILES string of the molecule is O=C(COC(=O)c1cc(S(=O)(=O)N2CCOCC2)c[nH]1)c1ccc(F)c(F)c1. The van der Waals surface area contributed by atoms with Crippen LogP contribution >= 0.6 is 0 Å². The molecular weight excluding hydrogens is 398 g/mol. The summed E-state index contributed by atoms with van der Waals surface area (Å²) in [6.45, 7) is 0.260. The zero-order valence-corrected chi connectivity index (χ0v) is 15.3. The molecule has 0 aliphatic carbocycles. The maximum Gasteiger partial charge on any atom is 0.355 e. The number of H-pyrrole nitrogens is 1. The van der Waals surface area contributed by atoms with Crippen molar-refractivity contribution < 1.29 is 36.3 Å². The molecule has 0 amide bonds. The predicted octanol–water partition coefficient (Wildman–Crippen LogP) is 1.35. The third kappa shape index (κ3) is 4.26. The van der Waals surface area contributed by atoms with Gasteiger partial charge < -0.3 is 14.5 Å². The number of esters is 1. The number of ketones is 1. The molecule has 0 spiro atoms. The van der Waals surface area contributed by atoms with Gasteiger partial charge in [0.25, 0.3) is 0 Å². The zero-order valence-electron chi connectivity index (χ0n) is 14.5. The van der Waals surface area contributed by atoms with Crippen molar-refractivity contribution in [3.8, 4) is 0 Å². The second kappa shape index (κ2) is 8.17. The molecule has 2 aromatic rings. The van der Waals surface area contributed by atoms with Crippen molar-refractivity contribution in [2.24, 2.45) is 0 Å². The molecule has 0 saturated carbocycles. The molecule has 150 valence electrons. The van der Waals surface area contributed by atoms with Crippen molar-refractivity contribution in [3.05, 3.63) is 53.4 Å². The highest BCUT2D eigenvalue weighted by molar-refractivity contribution is 7.89. The summed E-state index contributed by atoms with van der Waals surface area (Å²) in [6, 6.07) is 3.66. The van der Waals surface area contributed by atoms with E-state index in [4.69, 9.17) is 9.47 Å². The van der Waals surface area contributed by atoms with Crippen LogP contribution in [0.1, 0.15) is 20.8 Å². The average Bonchev–Trinajstić information content (AvgIpc) is 3.20. The van der Waals surface area contributed by atoms with E-state index in [-0.39, 0.29) is 42.5 Å². The largest absolute Gasteiger partial charge is 0.453 e. The van der Waals surface area contributed by atoms with Crippen LogP contribution in [0, 0.1) is 11.6 Å². The quantitative estimate of drug-likeness (QED) is 0.565. The third-order valence-corrected chi connectivity index (χ3v) is 5.94. The van der Waals surface area contributed by atoms with Gasteiger partial charge >= 0.3 is 5.97 Å². The number of hydrogen-bond donors (Lipinski definition) is 1. The average molecular weight is 414 g/mol. The second-order valence-corrected chi connectivity index (χ2v) is 7.83. The fraction of sp³-hybridized carbons (Fsp3) is 0.294. The Kier molecular flexibility index (Phi) is 5.87. The minimum atomic E-state index is -3.79. The fourth-order valence-corrected chi connectivity index (χ4v) is 3.94. The number of Topliss-reactive ketones (excluding diaryl/α,β-unsaturated/α-hetero) is 1. The van der Waals surface area contributed by atoms with Gasteiger partial charge in [-0.3, -0.25) is 4.79 Å². The maximum absolute atomic E-state index is 13.2. The summed E-state index contributed by atoms with van der Waals surface area (Å²) >= 11 is 0. The molecule has 1 N–H and O–H groups in total. The lowest BCUT2D eigenvalue weighted by Gasteiger charge is -2.25. The topological polar surface area (TPSA) is 106 Å². The molecule has 0 radical (unpaired) electrons. The molecule has 1 aromatic carbocycles. The van der Waals surface area contributed by atoms with Crippen LogP contribution in [0.3, 0.4) is 0 Å². The van der Waals surface area contributed by atoms with E-state index in [1.54, 1.807) is 0 Å². The number of halogens is 2. The minimum Gasteiger partial charge on any atom is -0.453 e. The number of nitrogens with zero attached hydrogens (tertiary/aromatic N) is 1. The predicted molar refractivity (Wildman–Crippen MR) is 91.3 cm³/mol. The van der Waals surface area contributed by atoms with E-state index in [9.17, 15) is 26.8 Å². The molecule has 1 fully saturated rings. The summed E-state index contributed by atoms with van der Waals surface area (Å²) in [4.78, 5) is 26.4. The number of hydrogen-bond acceptors (Lipinski definition) is 6. The van der Waals surface area contributed by atoms with Gasteiger partial charge in [0.05, 0.1) is 13.2 Å².